The molecule has 2 bridgehead atoms. The Morgan fingerprint density at radius 1 is 1.22 bits per heavy atom. The van der Waals surface area contributed by atoms with Gasteiger partial charge in [-0.25, -0.2) is 0 Å². The molecular formula is C27H39N3O5S. The van der Waals surface area contributed by atoms with Crippen molar-refractivity contribution in [3.8, 4) is 5.75 Å². The van der Waals surface area contributed by atoms with Gasteiger partial charge in [0, 0.05) is 17.0 Å². The largest absolute Gasteiger partial charge is 0.494 e. The molecule has 0 saturated carbocycles. The molecule has 198 valence electrons. The van der Waals surface area contributed by atoms with Crippen molar-refractivity contribution in [3.05, 3.63) is 24.3 Å². The summed E-state index contributed by atoms with van der Waals surface area (Å²) in [5.41, 5.74) is 0.650. The van der Waals surface area contributed by atoms with Crippen LogP contribution in [0, 0.1) is 11.8 Å². The van der Waals surface area contributed by atoms with Gasteiger partial charge in [-0.3, -0.25) is 14.4 Å². The van der Waals surface area contributed by atoms with Gasteiger partial charge in [-0.15, -0.1) is 11.8 Å². The second-order valence-electron chi connectivity index (χ2n) is 10.2. The Morgan fingerprint density at radius 2 is 1.94 bits per heavy atom. The van der Waals surface area contributed by atoms with E-state index in [2.05, 4.69) is 17.6 Å². The van der Waals surface area contributed by atoms with Crippen LogP contribution in [-0.2, 0) is 14.4 Å². The average molecular weight is 518 g/mol. The van der Waals surface area contributed by atoms with Gasteiger partial charge in [-0.1, -0.05) is 20.3 Å². The summed E-state index contributed by atoms with van der Waals surface area (Å²) in [6.45, 7) is 8.23. The minimum absolute atomic E-state index is 0.00790. The number of rotatable bonds is 11. The van der Waals surface area contributed by atoms with E-state index in [1.165, 1.54) is 0 Å². The van der Waals surface area contributed by atoms with E-state index in [4.69, 9.17) is 4.74 Å². The van der Waals surface area contributed by atoms with Crippen molar-refractivity contribution in [1.29, 1.82) is 0 Å². The van der Waals surface area contributed by atoms with Crippen molar-refractivity contribution in [2.45, 2.75) is 87.9 Å². The molecule has 3 unspecified atom stereocenters. The molecule has 36 heavy (non-hydrogen) atoms. The average Bonchev–Trinajstić information content (AvgIpc) is 3.49. The number of aliphatic hydroxyl groups excluding tert-OH is 1. The summed E-state index contributed by atoms with van der Waals surface area (Å²) < 4.78 is 4.83. The molecule has 8 nitrogen and oxygen atoms in total. The number of anilines is 1. The Kier molecular flexibility index (Phi) is 8.19. The predicted molar refractivity (Wildman–Crippen MR) is 141 cm³/mol. The van der Waals surface area contributed by atoms with Gasteiger partial charge in [-0.2, -0.15) is 0 Å². The summed E-state index contributed by atoms with van der Waals surface area (Å²) in [6.07, 6.45) is 3.83. The third kappa shape index (κ3) is 4.60. The second kappa shape index (κ2) is 11.0. The number of thioether (sulfide) groups is 1. The van der Waals surface area contributed by atoms with E-state index >= 15 is 0 Å². The molecule has 1 aromatic rings. The Balaban J connectivity index is 1.62. The van der Waals surface area contributed by atoms with Crippen LogP contribution in [0.2, 0.25) is 0 Å². The van der Waals surface area contributed by atoms with E-state index in [-0.39, 0.29) is 35.6 Å². The fourth-order valence-corrected chi connectivity index (χ4v) is 8.56. The second-order valence-corrected chi connectivity index (χ2v) is 11.8. The fourth-order valence-electron chi connectivity index (χ4n) is 6.35. The maximum Gasteiger partial charge on any atom is 0.244 e. The lowest BCUT2D eigenvalue weighted by atomic mass is 9.70. The van der Waals surface area contributed by atoms with E-state index in [0.29, 0.717) is 25.1 Å². The zero-order chi connectivity index (χ0) is 26.0. The summed E-state index contributed by atoms with van der Waals surface area (Å²) in [6, 6.07) is 6.06. The van der Waals surface area contributed by atoms with Crippen LogP contribution in [0.25, 0.3) is 0 Å². The van der Waals surface area contributed by atoms with E-state index in [9.17, 15) is 19.5 Å². The summed E-state index contributed by atoms with van der Waals surface area (Å²) >= 11 is 1.64. The minimum atomic E-state index is -0.690. The van der Waals surface area contributed by atoms with Crippen molar-refractivity contribution < 1.29 is 24.2 Å². The number of carbonyl (C=O) groups excluding carboxylic acids is 3. The van der Waals surface area contributed by atoms with Gasteiger partial charge in [0.25, 0.3) is 0 Å². The number of benzene rings is 1. The van der Waals surface area contributed by atoms with Gasteiger partial charge in [0.1, 0.15) is 11.8 Å². The number of carbonyl (C=O) groups is 3. The molecule has 3 aliphatic heterocycles. The number of nitrogens with one attached hydrogen (secondary N) is 2. The molecule has 3 fully saturated rings. The smallest absolute Gasteiger partial charge is 0.244 e. The lowest BCUT2D eigenvalue weighted by molar-refractivity contribution is -0.142. The van der Waals surface area contributed by atoms with Crippen molar-refractivity contribution >= 4 is 35.2 Å². The molecule has 0 aromatic heterocycles. The molecule has 9 heteroatoms. The summed E-state index contributed by atoms with van der Waals surface area (Å²) in [5.74, 6) is -0.907. The number of aliphatic hydroxyl groups is 1. The van der Waals surface area contributed by atoms with Gasteiger partial charge in [0.15, 0.2) is 0 Å². The first-order valence-electron chi connectivity index (χ1n) is 13.3. The van der Waals surface area contributed by atoms with Gasteiger partial charge in [-0.05, 0) is 63.8 Å². The first-order valence-corrected chi connectivity index (χ1v) is 14.1. The maximum atomic E-state index is 14.0. The zero-order valence-electron chi connectivity index (χ0n) is 21.7. The molecule has 1 spiro atoms. The summed E-state index contributed by atoms with van der Waals surface area (Å²) in [7, 11) is 0. The monoisotopic (exact) mass is 517 g/mol. The molecule has 0 radical (unpaired) electrons. The molecule has 7 atom stereocenters. The topological polar surface area (TPSA) is 108 Å². The Hall–Kier alpha value is -2.26. The third-order valence-corrected chi connectivity index (χ3v) is 9.86. The van der Waals surface area contributed by atoms with Crippen LogP contribution in [0.5, 0.6) is 5.75 Å². The first kappa shape index (κ1) is 26.8. The molecular weight excluding hydrogens is 478 g/mol. The molecule has 0 aliphatic carbocycles. The highest BCUT2D eigenvalue weighted by molar-refractivity contribution is 8.02. The number of hydrogen-bond donors (Lipinski definition) is 3. The van der Waals surface area contributed by atoms with Crippen molar-refractivity contribution in [2.75, 3.05) is 18.5 Å². The van der Waals surface area contributed by atoms with Crippen LogP contribution in [0.15, 0.2) is 24.3 Å². The van der Waals surface area contributed by atoms with E-state index in [1.807, 2.05) is 32.9 Å². The lowest BCUT2D eigenvalue weighted by Crippen LogP contribution is -2.57. The number of hydrogen-bond acceptors (Lipinski definition) is 6. The number of fused-ring (bicyclic) bond motifs is 1. The van der Waals surface area contributed by atoms with Gasteiger partial charge < -0.3 is 25.4 Å². The highest BCUT2D eigenvalue weighted by Gasteiger charge is 2.74. The number of likely N-dealkylation sites (tertiary alicyclic amines) is 1. The standard InChI is InChI=1S/C27H39N3O5S/c1-5-8-16(4)28-25(33)23-27-14-13-20(36-27)21(22(27)26(34)30(23)18(6-2)15-31)24(32)29-17-9-11-19(12-10-17)35-7-3/h9-12,16,18,20-23,31H,5-8,13-15H2,1-4H3,(H,28,33)(H,29,32)/t16?,18-,20+,21-,22-,23?,27?/m0/s1. The Morgan fingerprint density at radius 3 is 2.56 bits per heavy atom. The summed E-state index contributed by atoms with van der Waals surface area (Å²) in [4.78, 5) is 42.8. The van der Waals surface area contributed by atoms with Crippen LogP contribution >= 0.6 is 11.8 Å². The van der Waals surface area contributed by atoms with Crippen LogP contribution in [0.3, 0.4) is 0 Å². The highest BCUT2D eigenvalue weighted by atomic mass is 32.2. The first-order chi connectivity index (χ1) is 17.3. The van der Waals surface area contributed by atoms with Crippen molar-refractivity contribution in [2.24, 2.45) is 11.8 Å². The lowest BCUT2D eigenvalue weighted by Gasteiger charge is -2.37. The molecule has 3 N–H and O–H groups in total. The maximum absolute atomic E-state index is 14.0. The Labute approximate surface area is 217 Å². The number of nitrogens with zero attached hydrogens (tertiary/aromatic N) is 1. The molecule has 3 saturated heterocycles. The fraction of sp³-hybridized carbons (Fsp3) is 0.667. The molecule has 3 aliphatic rings. The summed E-state index contributed by atoms with van der Waals surface area (Å²) in [5, 5.41) is 16.2. The van der Waals surface area contributed by atoms with Crippen molar-refractivity contribution in [3.63, 3.8) is 0 Å². The van der Waals surface area contributed by atoms with Crippen LogP contribution < -0.4 is 15.4 Å². The van der Waals surface area contributed by atoms with Crippen LogP contribution in [0.1, 0.15) is 59.8 Å². The normalized spacial score (nSPS) is 30.1. The zero-order valence-corrected chi connectivity index (χ0v) is 22.5. The van der Waals surface area contributed by atoms with E-state index in [0.717, 1.165) is 25.0 Å². The van der Waals surface area contributed by atoms with Gasteiger partial charge in [0.05, 0.1) is 35.8 Å². The minimum Gasteiger partial charge on any atom is -0.494 e. The molecule has 3 amide bonds. The SMILES string of the molecule is CCCC(C)NC(=O)C1N([C@@H](CC)CO)C(=O)[C@@H]2[C@@H](C(=O)Nc3ccc(OCC)cc3)[C@H]3CCC12S3. The van der Waals surface area contributed by atoms with Gasteiger partial charge >= 0.3 is 0 Å². The Bertz CT molecular complexity index is 969. The van der Waals surface area contributed by atoms with Crippen LogP contribution in [0.4, 0.5) is 5.69 Å². The number of amides is 3. The molecule has 1 aromatic carbocycles. The quantitative estimate of drug-likeness (QED) is 0.416. The van der Waals surface area contributed by atoms with Gasteiger partial charge in [0.2, 0.25) is 17.7 Å². The highest BCUT2D eigenvalue weighted by Crippen LogP contribution is 2.66. The van der Waals surface area contributed by atoms with E-state index < -0.39 is 28.7 Å². The van der Waals surface area contributed by atoms with Crippen LogP contribution in [-0.4, -0.2) is 69.1 Å². The van der Waals surface area contributed by atoms with E-state index in [1.54, 1.807) is 28.8 Å². The number of ether oxygens (including phenoxy) is 1. The molecule has 3 heterocycles. The molecule has 4 rings (SSSR count). The predicted octanol–water partition coefficient (Wildman–Crippen LogP) is 3.19. The third-order valence-electron chi connectivity index (χ3n) is 7.91. The van der Waals surface area contributed by atoms with Crippen molar-refractivity contribution in [1.82, 2.24) is 10.2 Å².